The van der Waals surface area contributed by atoms with Gasteiger partial charge in [-0.2, -0.15) is 0 Å². The van der Waals surface area contributed by atoms with Crippen LogP contribution in [0.2, 0.25) is 0 Å². The van der Waals surface area contributed by atoms with Crippen LogP contribution >= 0.6 is 11.3 Å². The predicted molar refractivity (Wildman–Crippen MR) is 119 cm³/mol. The van der Waals surface area contributed by atoms with E-state index in [2.05, 4.69) is 17.2 Å². The highest BCUT2D eigenvalue weighted by atomic mass is 32.2. The van der Waals surface area contributed by atoms with Crippen molar-refractivity contribution in [1.29, 1.82) is 0 Å². The normalized spacial score (nSPS) is 19.0. The Balaban J connectivity index is 1.71. The lowest BCUT2D eigenvalue weighted by Gasteiger charge is -2.36. The highest BCUT2D eigenvalue weighted by Gasteiger charge is 2.28. The molecule has 2 aromatic rings. The highest BCUT2D eigenvalue weighted by molar-refractivity contribution is 7.94. The van der Waals surface area contributed by atoms with E-state index < -0.39 is 21.6 Å². The number of carbonyl (C=O) groups is 2. The first kappa shape index (κ1) is 23.2. The van der Waals surface area contributed by atoms with Gasteiger partial charge in [0.05, 0.1) is 6.20 Å². The molecular formula is C21H27N3O5S2. The highest BCUT2D eigenvalue weighted by Crippen LogP contribution is 2.29. The zero-order valence-corrected chi connectivity index (χ0v) is 19.0. The Bertz CT molecular complexity index is 999. The summed E-state index contributed by atoms with van der Waals surface area (Å²) in [5.74, 6) is -1.79. The number of nitrogens with zero attached hydrogens (tertiary/aromatic N) is 2. The Kier molecular flexibility index (Phi) is 7.66. The molecule has 0 aliphatic heterocycles. The Labute approximate surface area is 186 Å². The van der Waals surface area contributed by atoms with Crippen LogP contribution in [0.3, 0.4) is 0 Å². The van der Waals surface area contributed by atoms with Crippen molar-refractivity contribution in [1.82, 2.24) is 9.88 Å². The molecule has 1 aromatic carbocycles. The number of rotatable bonds is 8. The monoisotopic (exact) mass is 465 g/mol. The standard InChI is InChI=1S/C21H27N3O5S2/c1-15-7-9-17(10-8-15)24(12-11-16-5-3-2-4-6-16)21(27)23-20-22-13-19(30-20)31(28,29)14-18(25)26/h2-6,13,15,17H,7-12,14H2,1H3,(H,25,26)(H,22,23,27)/t15-,17-. The van der Waals surface area contributed by atoms with E-state index >= 15 is 0 Å². The van der Waals surface area contributed by atoms with Gasteiger partial charge in [-0.15, -0.1) is 0 Å². The number of aliphatic carboxylic acids is 1. The molecule has 1 saturated carbocycles. The lowest BCUT2D eigenvalue weighted by atomic mass is 9.86. The lowest BCUT2D eigenvalue weighted by molar-refractivity contribution is -0.134. The van der Waals surface area contributed by atoms with Gasteiger partial charge in [-0.3, -0.25) is 10.1 Å². The smallest absolute Gasteiger partial charge is 0.323 e. The van der Waals surface area contributed by atoms with Gasteiger partial charge in [-0.05, 0) is 43.6 Å². The molecule has 0 saturated heterocycles. The van der Waals surface area contributed by atoms with Gasteiger partial charge in [0.1, 0.15) is 4.21 Å². The number of nitrogens with one attached hydrogen (secondary N) is 1. The van der Waals surface area contributed by atoms with Crippen molar-refractivity contribution in [2.75, 3.05) is 17.6 Å². The molecule has 0 spiro atoms. The lowest BCUT2D eigenvalue weighted by Crippen LogP contribution is -2.45. The first-order valence-corrected chi connectivity index (χ1v) is 12.7. The van der Waals surface area contributed by atoms with E-state index in [1.807, 2.05) is 35.2 Å². The average Bonchev–Trinajstić information content (AvgIpc) is 3.19. The summed E-state index contributed by atoms with van der Waals surface area (Å²) in [6.07, 6.45) is 5.80. The van der Waals surface area contributed by atoms with E-state index in [0.717, 1.165) is 55.2 Å². The Hall–Kier alpha value is -2.46. The molecule has 0 radical (unpaired) electrons. The fourth-order valence-corrected chi connectivity index (χ4v) is 5.90. The summed E-state index contributed by atoms with van der Waals surface area (Å²) in [5.41, 5.74) is 1.14. The Morgan fingerprint density at radius 3 is 2.52 bits per heavy atom. The summed E-state index contributed by atoms with van der Waals surface area (Å²) in [6, 6.07) is 9.75. The van der Waals surface area contributed by atoms with Crippen LogP contribution in [0.1, 0.15) is 38.2 Å². The maximum absolute atomic E-state index is 13.1. The van der Waals surface area contributed by atoms with E-state index in [1.165, 1.54) is 0 Å². The summed E-state index contributed by atoms with van der Waals surface area (Å²) in [5, 5.41) is 11.6. The molecule has 0 atom stereocenters. The molecule has 2 N–H and O–H groups in total. The molecule has 8 nitrogen and oxygen atoms in total. The van der Waals surface area contributed by atoms with Crippen LogP contribution < -0.4 is 5.32 Å². The third-order valence-electron chi connectivity index (χ3n) is 5.49. The number of amides is 2. The maximum Gasteiger partial charge on any atom is 0.323 e. The average molecular weight is 466 g/mol. The van der Waals surface area contributed by atoms with Crippen molar-refractivity contribution >= 4 is 38.3 Å². The fourth-order valence-electron chi connectivity index (χ4n) is 3.76. The Morgan fingerprint density at radius 2 is 1.87 bits per heavy atom. The van der Waals surface area contributed by atoms with Crippen LogP contribution in [0, 0.1) is 5.92 Å². The molecule has 31 heavy (non-hydrogen) atoms. The van der Waals surface area contributed by atoms with Crippen LogP contribution in [0.5, 0.6) is 0 Å². The molecule has 1 fully saturated rings. The number of carboxylic acids is 1. The number of anilines is 1. The molecule has 2 amide bonds. The summed E-state index contributed by atoms with van der Waals surface area (Å²) in [6.45, 7) is 2.77. The molecule has 1 aliphatic rings. The van der Waals surface area contributed by atoms with Crippen LogP contribution in [0.4, 0.5) is 9.93 Å². The molecule has 168 valence electrons. The van der Waals surface area contributed by atoms with Crippen LogP contribution in [-0.2, 0) is 21.1 Å². The largest absolute Gasteiger partial charge is 0.480 e. The van der Waals surface area contributed by atoms with Crippen LogP contribution in [0.15, 0.2) is 40.7 Å². The van der Waals surface area contributed by atoms with Crippen molar-refractivity contribution < 1.29 is 23.1 Å². The van der Waals surface area contributed by atoms with E-state index in [1.54, 1.807) is 0 Å². The van der Waals surface area contributed by atoms with Crippen molar-refractivity contribution in [3.63, 3.8) is 0 Å². The number of thiazole rings is 1. The summed E-state index contributed by atoms with van der Waals surface area (Å²) >= 11 is 0.768. The number of carbonyl (C=O) groups excluding carboxylic acids is 1. The van der Waals surface area contributed by atoms with Crippen molar-refractivity contribution in [2.24, 2.45) is 5.92 Å². The minimum Gasteiger partial charge on any atom is -0.480 e. The van der Waals surface area contributed by atoms with Gasteiger partial charge in [0, 0.05) is 12.6 Å². The van der Waals surface area contributed by atoms with E-state index in [9.17, 15) is 18.0 Å². The molecule has 3 rings (SSSR count). The Morgan fingerprint density at radius 1 is 1.19 bits per heavy atom. The third kappa shape index (κ3) is 6.51. The number of aromatic nitrogens is 1. The third-order valence-corrected chi connectivity index (χ3v) is 8.55. The topological polar surface area (TPSA) is 117 Å². The molecule has 0 bridgehead atoms. The molecule has 10 heteroatoms. The van der Waals surface area contributed by atoms with Gasteiger partial charge < -0.3 is 10.0 Å². The van der Waals surface area contributed by atoms with Gasteiger partial charge in [0.25, 0.3) is 0 Å². The molecule has 1 aromatic heterocycles. The second-order valence-electron chi connectivity index (χ2n) is 7.91. The maximum atomic E-state index is 13.1. The van der Waals surface area contributed by atoms with E-state index in [4.69, 9.17) is 5.11 Å². The number of hydrogen-bond acceptors (Lipinski definition) is 6. The quantitative estimate of drug-likeness (QED) is 0.615. The van der Waals surface area contributed by atoms with Crippen LogP contribution in [0.25, 0.3) is 0 Å². The van der Waals surface area contributed by atoms with Gasteiger partial charge in [-0.25, -0.2) is 18.2 Å². The summed E-state index contributed by atoms with van der Waals surface area (Å²) in [4.78, 5) is 29.7. The zero-order valence-electron chi connectivity index (χ0n) is 17.4. The molecule has 1 heterocycles. The zero-order chi connectivity index (χ0) is 22.4. The minimum atomic E-state index is -3.98. The molecular weight excluding hydrogens is 438 g/mol. The molecule has 1 aliphatic carbocycles. The summed E-state index contributed by atoms with van der Waals surface area (Å²) < 4.78 is 24.0. The fraction of sp³-hybridized carbons (Fsp3) is 0.476. The van der Waals surface area contributed by atoms with Gasteiger partial charge in [0.2, 0.25) is 0 Å². The number of sulfone groups is 1. The second-order valence-corrected chi connectivity index (χ2v) is 11.2. The minimum absolute atomic E-state index is 0.120. The number of benzene rings is 1. The van der Waals surface area contributed by atoms with E-state index in [0.29, 0.717) is 12.5 Å². The first-order chi connectivity index (χ1) is 14.7. The van der Waals surface area contributed by atoms with Crippen molar-refractivity contribution in [2.45, 2.75) is 49.3 Å². The van der Waals surface area contributed by atoms with Crippen LogP contribution in [-0.4, -0.2) is 53.7 Å². The van der Waals surface area contributed by atoms with Gasteiger partial charge in [0.15, 0.2) is 20.7 Å². The van der Waals surface area contributed by atoms with Gasteiger partial charge in [-0.1, -0.05) is 48.6 Å². The first-order valence-electron chi connectivity index (χ1n) is 10.3. The van der Waals surface area contributed by atoms with Gasteiger partial charge >= 0.3 is 12.0 Å². The number of hydrogen-bond donors (Lipinski definition) is 2. The van der Waals surface area contributed by atoms with E-state index in [-0.39, 0.29) is 21.4 Å². The molecule has 0 unspecified atom stereocenters. The predicted octanol–water partition coefficient (Wildman–Crippen LogP) is 3.66. The number of carboxylic acid groups (broad SMARTS) is 1. The van der Waals surface area contributed by atoms with Crippen molar-refractivity contribution in [3.8, 4) is 0 Å². The number of urea groups is 1. The second kappa shape index (κ2) is 10.2. The SMILES string of the molecule is C[C@H]1CC[C@H](N(CCc2ccccc2)C(=O)Nc2ncc(S(=O)(=O)CC(=O)O)s2)CC1. The summed E-state index contributed by atoms with van der Waals surface area (Å²) in [7, 11) is -3.98. The van der Waals surface area contributed by atoms with Crippen molar-refractivity contribution in [3.05, 3.63) is 42.1 Å².